The first-order valence-electron chi connectivity index (χ1n) is 13.3. The Labute approximate surface area is 239 Å². The van der Waals surface area contributed by atoms with E-state index in [4.69, 9.17) is 24.7 Å². The minimum absolute atomic E-state index is 0.00314. The molecule has 0 bridgehead atoms. The number of nitrogens with two attached hydrogens (primary N) is 1. The fourth-order valence-electron chi connectivity index (χ4n) is 5.90. The third-order valence-electron chi connectivity index (χ3n) is 8.07. The van der Waals surface area contributed by atoms with Gasteiger partial charge < -0.3 is 45.1 Å². The molecule has 6 atom stereocenters. The van der Waals surface area contributed by atoms with Crippen molar-refractivity contribution in [1.82, 2.24) is 0 Å². The first kappa shape index (κ1) is 29.6. The summed E-state index contributed by atoms with van der Waals surface area (Å²) in [5, 5.41) is 44.7. The van der Waals surface area contributed by atoms with Crippen molar-refractivity contribution in [3.63, 3.8) is 0 Å². The third kappa shape index (κ3) is 4.72. The molecule has 0 saturated carbocycles. The molecule has 2 aliphatic carbocycles. The predicted octanol–water partition coefficient (Wildman–Crippen LogP) is 0.572. The van der Waals surface area contributed by atoms with Gasteiger partial charge in [-0.15, -0.1) is 0 Å². The summed E-state index contributed by atoms with van der Waals surface area (Å²) >= 11 is 0. The summed E-state index contributed by atoms with van der Waals surface area (Å²) in [5.41, 5.74) is 2.26. The molecule has 2 aromatic carbocycles. The van der Waals surface area contributed by atoms with Gasteiger partial charge in [-0.2, -0.15) is 0 Å². The van der Waals surface area contributed by atoms with Gasteiger partial charge in [-0.05, 0) is 13.0 Å². The number of aliphatic hydroxyl groups excluding tert-OH is 1. The van der Waals surface area contributed by atoms with Gasteiger partial charge in [0.2, 0.25) is 11.6 Å². The molecule has 13 heteroatoms. The number of methoxy groups -OCH3 is 1. The molecule has 1 fully saturated rings. The molecular formula is C29H31NO12. The summed E-state index contributed by atoms with van der Waals surface area (Å²) in [7, 11) is 1.32. The van der Waals surface area contributed by atoms with Gasteiger partial charge >= 0.3 is 5.97 Å². The highest BCUT2D eigenvalue weighted by Crippen LogP contribution is 2.52. The zero-order valence-electron chi connectivity index (χ0n) is 23.1. The third-order valence-corrected chi connectivity index (χ3v) is 8.07. The highest BCUT2D eigenvalue weighted by molar-refractivity contribution is 6.31. The first-order valence-corrected chi connectivity index (χ1v) is 13.3. The molecule has 0 radical (unpaired) electrons. The van der Waals surface area contributed by atoms with Crippen molar-refractivity contribution in [3.05, 3.63) is 51.6 Å². The Morgan fingerprint density at radius 1 is 1.12 bits per heavy atom. The van der Waals surface area contributed by atoms with Crippen molar-refractivity contribution in [2.45, 2.75) is 69.4 Å². The summed E-state index contributed by atoms with van der Waals surface area (Å²) in [6.07, 6.45) is -5.30. The largest absolute Gasteiger partial charge is 0.507 e. The van der Waals surface area contributed by atoms with Crippen LogP contribution in [-0.4, -0.2) is 87.6 Å². The van der Waals surface area contributed by atoms with Gasteiger partial charge in [0.25, 0.3) is 0 Å². The second-order valence-electron chi connectivity index (χ2n) is 10.8. The molecule has 13 nitrogen and oxygen atoms in total. The minimum Gasteiger partial charge on any atom is -0.507 e. The lowest BCUT2D eigenvalue weighted by Crippen LogP contribution is -2.53. The molecule has 224 valence electrons. The highest BCUT2D eigenvalue weighted by atomic mass is 16.7. The van der Waals surface area contributed by atoms with E-state index in [1.54, 1.807) is 6.92 Å². The maximum absolute atomic E-state index is 13.7. The number of rotatable bonds is 6. The molecule has 1 aliphatic heterocycles. The van der Waals surface area contributed by atoms with E-state index < -0.39 is 102 Å². The number of carbonyl (C=O) groups excluding carboxylic acids is 4. The Hall–Kier alpha value is -3.88. The van der Waals surface area contributed by atoms with Gasteiger partial charge in [0.15, 0.2) is 18.7 Å². The van der Waals surface area contributed by atoms with E-state index in [2.05, 4.69) is 0 Å². The molecule has 1 saturated heterocycles. The molecule has 6 N–H and O–H groups in total. The van der Waals surface area contributed by atoms with E-state index in [1.807, 2.05) is 0 Å². The number of fused-ring (bicyclic) bond motifs is 3. The van der Waals surface area contributed by atoms with Crippen LogP contribution >= 0.6 is 0 Å². The summed E-state index contributed by atoms with van der Waals surface area (Å²) in [6, 6.07) is 3.59. The topological polar surface area (TPSA) is 212 Å². The van der Waals surface area contributed by atoms with Gasteiger partial charge in [0.05, 0.1) is 42.1 Å². The van der Waals surface area contributed by atoms with Crippen LogP contribution in [-0.2, 0) is 30.2 Å². The zero-order valence-corrected chi connectivity index (χ0v) is 23.1. The molecule has 1 heterocycles. The minimum atomic E-state index is -2.28. The van der Waals surface area contributed by atoms with Crippen molar-refractivity contribution in [3.8, 4) is 17.2 Å². The van der Waals surface area contributed by atoms with Gasteiger partial charge in [0.1, 0.15) is 22.8 Å². The van der Waals surface area contributed by atoms with Crippen molar-refractivity contribution in [1.29, 1.82) is 0 Å². The Balaban J connectivity index is 1.66. The van der Waals surface area contributed by atoms with E-state index in [0.717, 1.165) is 6.92 Å². The summed E-state index contributed by atoms with van der Waals surface area (Å²) < 4.78 is 21.9. The molecule has 42 heavy (non-hydrogen) atoms. The van der Waals surface area contributed by atoms with E-state index in [0.29, 0.717) is 0 Å². The molecule has 0 aromatic heterocycles. The Bertz CT molecular complexity index is 1490. The number of phenolic OH excluding ortho intramolecular Hbond substituents is 2. The van der Waals surface area contributed by atoms with Crippen LogP contribution in [0, 0.1) is 0 Å². The zero-order chi connectivity index (χ0) is 30.7. The molecule has 0 unspecified atom stereocenters. The van der Waals surface area contributed by atoms with Crippen LogP contribution < -0.4 is 10.5 Å². The number of benzene rings is 2. The Kier molecular flexibility index (Phi) is 7.58. The smallest absolute Gasteiger partial charge is 0.303 e. The number of Topliss-reactive ketones (excluding diaryl/α,β-unsaturated/α-hetero) is 1. The van der Waals surface area contributed by atoms with Gasteiger partial charge in [-0.25, -0.2) is 0 Å². The average molecular weight is 586 g/mol. The molecule has 5 rings (SSSR count). The standard InChI is InChI=1S/C29H31NO12/c1-11-24(33)15(30)7-19(41-11)42-17-9-29(38,18(32)10-40-12(2)31)8-14-21(17)28(37)23-22(26(14)35)25(34)13-5-4-6-16(39-3)20(13)27(23)36/h4-6,11,15,17,19,24,33,35,37-38H,7-10,30H2,1-3H3/t11-,15-,17-,19+,24+,29+/m1/s1. The van der Waals surface area contributed by atoms with Gasteiger partial charge in [0, 0.05) is 48.9 Å². The quantitative estimate of drug-likeness (QED) is 0.198. The number of aromatic hydroxyl groups is 2. The number of phenols is 2. The van der Waals surface area contributed by atoms with Crippen LogP contribution in [0.25, 0.3) is 0 Å². The highest BCUT2D eigenvalue weighted by Gasteiger charge is 2.50. The lowest BCUT2D eigenvalue weighted by molar-refractivity contribution is -0.247. The fourth-order valence-corrected chi connectivity index (χ4v) is 5.90. The molecular weight excluding hydrogens is 554 g/mol. The number of hydrogen-bond donors (Lipinski definition) is 5. The van der Waals surface area contributed by atoms with Crippen molar-refractivity contribution in [2.75, 3.05) is 13.7 Å². The van der Waals surface area contributed by atoms with Crippen LogP contribution in [0.1, 0.15) is 75.8 Å². The fraction of sp³-hybridized carbons (Fsp3) is 0.448. The number of ether oxygens (including phenoxy) is 4. The normalized spacial score (nSPS) is 28.4. The SMILES string of the molecule is COc1cccc2c1C(=O)c1c(O)c3c(c(O)c1C2=O)C[C@@](O)(C(=O)COC(C)=O)C[C@H]3O[C@H]1C[C@@H](N)[C@@H](O)[C@@H](C)O1. The lowest BCUT2D eigenvalue weighted by Gasteiger charge is -2.42. The van der Waals surface area contributed by atoms with Crippen LogP contribution in [0.5, 0.6) is 17.2 Å². The molecule has 0 amide bonds. The number of esters is 1. The summed E-state index contributed by atoms with van der Waals surface area (Å²) in [5.74, 6) is -4.57. The summed E-state index contributed by atoms with van der Waals surface area (Å²) in [6.45, 7) is 1.87. The van der Waals surface area contributed by atoms with Gasteiger partial charge in [-0.3, -0.25) is 19.2 Å². The van der Waals surface area contributed by atoms with E-state index in [1.165, 1.54) is 25.3 Å². The second kappa shape index (κ2) is 10.7. The van der Waals surface area contributed by atoms with E-state index >= 15 is 0 Å². The number of aliphatic hydroxyl groups is 2. The maximum Gasteiger partial charge on any atom is 0.303 e. The number of carbonyl (C=O) groups is 4. The average Bonchev–Trinajstić information content (AvgIpc) is 2.94. The van der Waals surface area contributed by atoms with Crippen LogP contribution in [0.3, 0.4) is 0 Å². The maximum atomic E-state index is 13.7. The monoisotopic (exact) mass is 585 g/mol. The Morgan fingerprint density at radius 2 is 1.81 bits per heavy atom. The molecule has 2 aromatic rings. The van der Waals surface area contributed by atoms with E-state index in [-0.39, 0.29) is 34.4 Å². The Morgan fingerprint density at radius 3 is 2.45 bits per heavy atom. The lowest BCUT2D eigenvalue weighted by atomic mass is 9.72. The van der Waals surface area contributed by atoms with Crippen LogP contribution in [0.4, 0.5) is 0 Å². The van der Waals surface area contributed by atoms with Crippen molar-refractivity contribution in [2.24, 2.45) is 5.73 Å². The molecule has 0 spiro atoms. The first-order chi connectivity index (χ1) is 19.8. The van der Waals surface area contributed by atoms with Gasteiger partial charge in [-0.1, -0.05) is 12.1 Å². The van der Waals surface area contributed by atoms with Crippen LogP contribution in [0.15, 0.2) is 18.2 Å². The second-order valence-corrected chi connectivity index (χ2v) is 10.8. The number of hydrogen-bond acceptors (Lipinski definition) is 13. The van der Waals surface area contributed by atoms with Crippen LogP contribution in [0.2, 0.25) is 0 Å². The predicted molar refractivity (Wildman–Crippen MR) is 141 cm³/mol. The summed E-state index contributed by atoms with van der Waals surface area (Å²) in [4.78, 5) is 51.8. The molecule has 3 aliphatic rings. The van der Waals surface area contributed by atoms with E-state index in [9.17, 15) is 39.6 Å². The number of ketones is 3. The van der Waals surface area contributed by atoms with Crippen molar-refractivity contribution < 1.29 is 58.6 Å². The van der Waals surface area contributed by atoms with Crippen molar-refractivity contribution >= 4 is 23.3 Å².